The molecule has 0 heterocycles. The molecule has 0 fully saturated rings. The first-order valence-corrected chi connectivity index (χ1v) is 33.6. The summed E-state index contributed by atoms with van der Waals surface area (Å²) in [6.07, 6.45) is 87.8. The van der Waals surface area contributed by atoms with Crippen molar-refractivity contribution in [2.75, 3.05) is 13.2 Å². The van der Waals surface area contributed by atoms with Gasteiger partial charge in [-0.15, -0.1) is 0 Å². The molecule has 0 aliphatic heterocycles. The second kappa shape index (κ2) is 66.1. The SMILES string of the molecule is CC/C=C\C/C=C\C/C=C\C/C=C\C/C=C\C/C=C\C/C=C\CCCCCCCCCCCC(=O)OCC(COC(=O)CCCCCCCC)OC(=O)CCCCCCCCCCCCCCCCCCCCCCCCC. The van der Waals surface area contributed by atoms with Crippen molar-refractivity contribution in [2.45, 2.75) is 341 Å². The summed E-state index contributed by atoms with van der Waals surface area (Å²) in [5.74, 6) is -0.875. The van der Waals surface area contributed by atoms with Crippen LogP contribution >= 0.6 is 0 Å². The Morgan fingerprint density at radius 2 is 0.500 bits per heavy atom. The van der Waals surface area contributed by atoms with Crippen molar-refractivity contribution in [1.82, 2.24) is 0 Å². The van der Waals surface area contributed by atoms with Crippen molar-refractivity contribution in [2.24, 2.45) is 0 Å². The number of ether oxygens (including phenoxy) is 3. The van der Waals surface area contributed by atoms with Crippen molar-refractivity contribution in [3.05, 3.63) is 85.1 Å². The minimum absolute atomic E-state index is 0.0745. The van der Waals surface area contributed by atoms with E-state index in [1.54, 1.807) is 0 Å². The molecule has 1 atom stereocenters. The van der Waals surface area contributed by atoms with Crippen LogP contribution in [0.4, 0.5) is 0 Å². The fourth-order valence-corrected chi connectivity index (χ4v) is 9.66. The van der Waals surface area contributed by atoms with Gasteiger partial charge in [-0.1, -0.05) is 324 Å². The van der Waals surface area contributed by atoms with Crippen LogP contribution in [0.25, 0.3) is 0 Å². The van der Waals surface area contributed by atoms with Crippen LogP contribution in [0.15, 0.2) is 85.1 Å². The van der Waals surface area contributed by atoms with E-state index in [1.165, 1.54) is 186 Å². The summed E-state index contributed by atoms with van der Waals surface area (Å²) in [4.78, 5) is 38.1. The highest BCUT2D eigenvalue weighted by Gasteiger charge is 2.19. The molecule has 0 amide bonds. The second-order valence-corrected chi connectivity index (χ2v) is 22.4. The average Bonchev–Trinajstić information content (AvgIpc) is 3.44. The van der Waals surface area contributed by atoms with Crippen molar-refractivity contribution in [1.29, 1.82) is 0 Å². The summed E-state index contributed by atoms with van der Waals surface area (Å²) in [6.45, 7) is 6.50. The van der Waals surface area contributed by atoms with Gasteiger partial charge in [0.15, 0.2) is 6.10 Å². The first-order chi connectivity index (χ1) is 38.5. The van der Waals surface area contributed by atoms with Crippen LogP contribution in [0.1, 0.15) is 335 Å². The number of hydrogen-bond acceptors (Lipinski definition) is 6. The Morgan fingerprint density at radius 1 is 0.269 bits per heavy atom. The fraction of sp³-hybridized carbons (Fsp3) is 0.764. The molecule has 0 aromatic rings. The predicted octanol–water partition coefficient (Wildman–Crippen LogP) is 23.1. The molecule has 0 rings (SSSR count). The smallest absolute Gasteiger partial charge is 0.306 e. The lowest BCUT2D eigenvalue weighted by molar-refractivity contribution is -0.167. The first kappa shape index (κ1) is 74.6. The Labute approximate surface area is 484 Å². The molecule has 0 aliphatic rings. The number of carbonyl (C=O) groups is 3. The van der Waals surface area contributed by atoms with Crippen LogP contribution in [-0.4, -0.2) is 37.2 Å². The van der Waals surface area contributed by atoms with E-state index in [2.05, 4.69) is 106 Å². The molecule has 450 valence electrons. The molecule has 0 saturated carbocycles. The lowest BCUT2D eigenvalue weighted by Gasteiger charge is -2.18. The van der Waals surface area contributed by atoms with Gasteiger partial charge in [-0.3, -0.25) is 14.4 Å². The Hall–Kier alpha value is -3.41. The van der Waals surface area contributed by atoms with Gasteiger partial charge in [0.25, 0.3) is 0 Å². The van der Waals surface area contributed by atoms with Gasteiger partial charge in [0.2, 0.25) is 0 Å². The third-order valence-corrected chi connectivity index (χ3v) is 14.7. The quantitative estimate of drug-likeness (QED) is 0.0261. The number of allylic oxidation sites excluding steroid dienone is 14. The zero-order chi connectivity index (χ0) is 56.4. The third kappa shape index (κ3) is 63.4. The number of carbonyl (C=O) groups excluding carboxylic acids is 3. The molecule has 0 N–H and O–H groups in total. The van der Waals surface area contributed by atoms with E-state index in [-0.39, 0.29) is 31.1 Å². The Balaban J connectivity index is 4.07. The summed E-state index contributed by atoms with van der Waals surface area (Å²) in [5.41, 5.74) is 0. The van der Waals surface area contributed by atoms with Gasteiger partial charge in [-0.2, -0.15) is 0 Å². The minimum atomic E-state index is -0.774. The molecule has 0 bridgehead atoms. The molecular formula is C72H126O6. The molecule has 1 unspecified atom stereocenters. The lowest BCUT2D eigenvalue weighted by atomic mass is 10.0. The van der Waals surface area contributed by atoms with Gasteiger partial charge in [0, 0.05) is 19.3 Å². The Bertz CT molecular complexity index is 1480. The molecule has 6 nitrogen and oxygen atoms in total. The summed E-state index contributed by atoms with van der Waals surface area (Å²) < 4.78 is 16.8. The van der Waals surface area contributed by atoms with E-state index in [4.69, 9.17) is 14.2 Å². The molecule has 0 aromatic heterocycles. The summed E-state index contributed by atoms with van der Waals surface area (Å²) in [7, 11) is 0. The first-order valence-electron chi connectivity index (χ1n) is 33.6. The van der Waals surface area contributed by atoms with Gasteiger partial charge in [0.05, 0.1) is 0 Å². The Morgan fingerprint density at radius 3 is 0.782 bits per heavy atom. The maximum Gasteiger partial charge on any atom is 0.306 e. The molecule has 78 heavy (non-hydrogen) atoms. The van der Waals surface area contributed by atoms with Gasteiger partial charge < -0.3 is 14.2 Å². The van der Waals surface area contributed by atoms with Gasteiger partial charge in [-0.05, 0) is 77.0 Å². The number of esters is 3. The maximum absolute atomic E-state index is 12.9. The average molecular weight is 1090 g/mol. The highest BCUT2D eigenvalue weighted by molar-refractivity contribution is 5.71. The summed E-state index contributed by atoms with van der Waals surface area (Å²) in [6, 6.07) is 0. The van der Waals surface area contributed by atoms with Gasteiger partial charge in [-0.25, -0.2) is 0 Å². The van der Waals surface area contributed by atoms with E-state index in [0.29, 0.717) is 19.3 Å². The zero-order valence-corrected chi connectivity index (χ0v) is 51.7. The second-order valence-electron chi connectivity index (χ2n) is 22.4. The third-order valence-electron chi connectivity index (χ3n) is 14.7. The molecule has 0 aromatic carbocycles. The molecular weight excluding hydrogens is 961 g/mol. The molecule has 0 saturated heterocycles. The molecule has 0 aliphatic carbocycles. The van der Waals surface area contributed by atoms with E-state index < -0.39 is 6.10 Å². The van der Waals surface area contributed by atoms with Gasteiger partial charge >= 0.3 is 17.9 Å². The lowest BCUT2D eigenvalue weighted by Crippen LogP contribution is -2.30. The molecule has 6 heteroatoms. The Kier molecular flexibility index (Phi) is 63.2. The maximum atomic E-state index is 12.9. The fourth-order valence-electron chi connectivity index (χ4n) is 9.66. The topological polar surface area (TPSA) is 78.9 Å². The van der Waals surface area contributed by atoms with E-state index in [9.17, 15) is 14.4 Å². The van der Waals surface area contributed by atoms with Crippen LogP contribution in [0.5, 0.6) is 0 Å². The molecule has 0 spiro atoms. The van der Waals surface area contributed by atoms with Gasteiger partial charge in [0.1, 0.15) is 13.2 Å². The number of hydrogen-bond donors (Lipinski definition) is 0. The number of unbranched alkanes of at least 4 members (excludes halogenated alkanes) is 36. The number of rotatable bonds is 61. The minimum Gasteiger partial charge on any atom is -0.462 e. The van der Waals surface area contributed by atoms with Crippen molar-refractivity contribution in [3.8, 4) is 0 Å². The van der Waals surface area contributed by atoms with E-state index in [0.717, 1.165) is 109 Å². The standard InChI is InChI=1S/C72H126O6/c1-4-7-10-13-16-18-20-22-24-26-28-30-32-33-34-35-36-37-38-39-41-42-44-46-48-50-52-54-56-59-62-65-71(74)77-68-69(67-76-70(73)64-61-58-15-12-9-6-3)78-72(75)66-63-60-57-55-53-51-49-47-45-43-40-31-29-27-25-23-21-19-17-14-11-8-5-2/h7,10,16,18,22,24,28,30,33-34,36-37,39,41,69H,4-6,8-9,11-15,17,19-21,23,25-27,29,31-32,35,38,40,42-68H2,1-3H3/b10-7-,18-16-,24-22-,30-28-,34-33-,37-36-,41-39-. The summed E-state index contributed by atoms with van der Waals surface area (Å²) in [5, 5.41) is 0. The van der Waals surface area contributed by atoms with E-state index >= 15 is 0 Å². The monoisotopic (exact) mass is 1090 g/mol. The normalized spacial score (nSPS) is 12.6. The van der Waals surface area contributed by atoms with E-state index in [1.807, 2.05) is 0 Å². The van der Waals surface area contributed by atoms with Crippen LogP contribution in [0, 0.1) is 0 Å². The highest BCUT2D eigenvalue weighted by Crippen LogP contribution is 2.17. The highest BCUT2D eigenvalue weighted by atomic mass is 16.6. The van der Waals surface area contributed by atoms with Crippen molar-refractivity contribution in [3.63, 3.8) is 0 Å². The molecule has 0 radical (unpaired) electrons. The summed E-state index contributed by atoms with van der Waals surface area (Å²) >= 11 is 0. The largest absolute Gasteiger partial charge is 0.462 e. The predicted molar refractivity (Wildman–Crippen MR) is 339 cm³/mol. The zero-order valence-electron chi connectivity index (χ0n) is 51.7. The van der Waals surface area contributed by atoms with Crippen LogP contribution in [0.2, 0.25) is 0 Å². The van der Waals surface area contributed by atoms with Crippen molar-refractivity contribution < 1.29 is 28.6 Å². The van der Waals surface area contributed by atoms with Crippen LogP contribution in [0.3, 0.4) is 0 Å². The van der Waals surface area contributed by atoms with Crippen LogP contribution in [-0.2, 0) is 28.6 Å². The van der Waals surface area contributed by atoms with Crippen molar-refractivity contribution >= 4 is 17.9 Å². The van der Waals surface area contributed by atoms with Crippen LogP contribution < -0.4 is 0 Å².